The third-order valence-corrected chi connectivity index (χ3v) is 6.93. The van der Waals surface area contributed by atoms with Crippen LogP contribution in [-0.4, -0.2) is 28.3 Å². The summed E-state index contributed by atoms with van der Waals surface area (Å²) in [4.78, 5) is 23.0. The van der Waals surface area contributed by atoms with Gasteiger partial charge in [0, 0.05) is 11.3 Å². The second kappa shape index (κ2) is 10.9. The number of ether oxygens (including phenoxy) is 2. The molecule has 0 saturated heterocycles. The molecule has 0 unspecified atom stereocenters. The van der Waals surface area contributed by atoms with Crippen LogP contribution >= 0.6 is 11.8 Å². The fourth-order valence-corrected chi connectivity index (χ4v) is 5.03. The van der Waals surface area contributed by atoms with Gasteiger partial charge in [-0.25, -0.2) is 9.97 Å². The molecule has 0 N–H and O–H groups in total. The highest BCUT2D eigenvalue weighted by molar-refractivity contribution is 7.98. The second-order valence-corrected chi connectivity index (χ2v) is 9.36. The van der Waals surface area contributed by atoms with Gasteiger partial charge in [0.25, 0.3) is 5.56 Å². The Morgan fingerprint density at radius 3 is 2.57 bits per heavy atom. The Morgan fingerprint density at radius 1 is 0.973 bits per heavy atom. The molecular weight excluding hydrogens is 486 g/mol. The van der Waals surface area contributed by atoms with E-state index in [9.17, 15) is 4.79 Å². The molecule has 8 heteroatoms. The Hall–Kier alpha value is -4.04. The molecule has 0 radical (unpaired) electrons. The molecule has 0 aliphatic heterocycles. The number of methoxy groups -OCH3 is 1. The third kappa shape index (κ3) is 5.39. The van der Waals surface area contributed by atoms with Crippen LogP contribution in [0.4, 0.5) is 0 Å². The summed E-state index contributed by atoms with van der Waals surface area (Å²) in [5.41, 5.74) is 3.23. The Bertz CT molecular complexity index is 1590. The van der Waals surface area contributed by atoms with Gasteiger partial charge in [-0.15, -0.1) is 0 Å². The summed E-state index contributed by atoms with van der Waals surface area (Å²) >= 11 is 1.47. The molecular formula is C29H27N3O4S. The number of thioether (sulfide) groups is 1. The number of benzene rings is 3. The highest BCUT2D eigenvalue weighted by Crippen LogP contribution is 2.29. The first kappa shape index (κ1) is 24.6. The molecule has 2 heterocycles. The van der Waals surface area contributed by atoms with Gasteiger partial charge in [0.2, 0.25) is 5.89 Å². The zero-order valence-electron chi connectivity index (χ0n) is 20.9. The third-order valence-electron chi connectivity index (χ3n) is 5.94. The molecule has 0 aliphatic carbocycles. The van der Waals surface area contributed by atoms with Crippen molar-refractivity contribution in [3.05, 3.63) is 100 Å². The van der Waals surface area contributed by atoms with E-state index in [4.69, 9.17) is 23.9 Å². The molecule has 5 aromatic rings. The van der Waals surface area contributed by atoms with Crippen molar-refractivity contribution < 1.29 is 13.9 Å². The summed E-state index contributed by atoms with van der Waals surface area (Å²) in [5, 5.41) is 1.21. The van der Waals surface area contributed by atoms with E-state index in [1.54, 1.807) is 11.7 Å². The van der Waals surface area contributed by atoms with Crippen LogP contribution in [0.15, 0.2) is 87.2 Å². The van der Waals surface area contributed by atoms with Gasteiger partial charge in [-0.1, -0.05) is 36.0 Å². The normalized spacial score (nSPS) is 11.1. The number of hydrogen-bond donors (Lipinski definition) is 0. The van der Waals surface area contributed by atoms with Gasteiger partial charge >= 0.3 is 0 Å². The lowest BCUT2D eigenvalue weighted by Crippen LogP contribution is -2.24. The van der Waals surface area contributed by atoms with Crippen LogP contribution in [0.3, 0.4) is 0 Å². The van der Waals surface area contributed by atoms with Gasteiger partial charge in [-0.05, 0) is 67.9 Å². The lowest BCUT2D eigenvalue weighted by atomic mass is 10.2. The summed E-state index contributed by atoms with van der Waals surface area (Å²) in [6.45, 7) is 4.85. The Balaban J connectivity index is 1.44. The minimum atomic E-state index is -0.0807. The number of hydrogen-bond acceptors (Lipinski definition) is 7. The number of oxazole rings is 1. The maximum absolute atomic E-state index is 13.5. The number of fused-ring (bicyclic) bond motifs is 1. The maximum Gasteiger partial charge on any atom is 0.262 e. The van der Waals surface area contributed by atoms with Gasteiger partial charge in [-0.3, -0.25) is 9.36 Å². The molecule has 0 fully saturated rings. The summed E-state index contributed by atoms with van der Waals surface area (Å²) in [6.07, 6.45) is 0. The van der Waals surface area contributed by atoms with E-state index in [0.29, 0.717) is 40.9 Å². The molecule has 188 valence electrons. The summed E-state index contributed by atoms with van der Waals surface area (Å²) in [7, 11) is 1.63. The number of para-hydroxylation sites is 1. The van der Waals surface area contributed by atoms with Crippen LogP contribution in [0.25, 0.3) is 22.4 Å². The predicted molar refractivity (Wildman–Crippen MR) is 146 cm³/mol. The minimum absolute atomic E-state index is 0.0807. The average Bonchev–Trinajstić information content (AvgIpc) is 3.30. The highest BCUT2D eigenvalue weighted by Gasteiger charge is 2.16. The number of aryl methyl sites for hydroxylation is 1. The quantitative estimate of drug-likeness (QED) is 0.174. The first-order valence-corrected chi connectivity index (χ1v) is 13.0. The van der Waals surface area contributed by atoms with E-state index in [1.807, 2.05) is 86.6 Å². The van der Waals surface area contributed by atoms with Crippen molar-refractivity contribution in [1.82, 2.24) is 14.5 Å². The van der Waals surface area contributed by atoms with Crippen LogP contribution in [0, 0.1) is 6.92 Å². The molecule has 37 heavy (non-hydrogen) atoms. The highest BCUT2D eigenvalue weighted by atomic mass is 32.2. The second-order valence-electron chi connectivity index (χ2n) is 8.42. The van der Waals surface area contributed by atoms with Gasteiger partial charge in [-0.2, -0.15) is 0 Å². The van der Waals surface area contributed by atoms with Crippen molar-refractivity contribution in [2.75, 3.05) is 13.7 Å². The monoisotopic (exact) mass is 513 g/mol. The Labute approximate surface area is 219 Å². The molecule has 2 aromatic heterocycles. The zero-order valence-corrected chi connectivity index (χ0v) is 21.7. The molecule has 0 atom stereocenters. The van der Waals surface area contributed by atoms with Crippen LogP contribution in [0.1, 0.15) is 23.9 Å². The van der Waals surface area contributed by atoms with Gasteiger partial charge in [0.15, 0.2) is 5.16 Å². The first-order valence-electron chi connectivity index (χ1n) is 12.0. The van der Waals surface area contributed by atoms with Gasteiger partial charge < -0.3 is 13.9 Å². The van der Waals surface area contributed by atoms with Crippen LogP contribution in [-0.2, 0) is 12.3 Å². The maximum atomic E-state index is 13.5. The fraction of sp³-hybridized carbons (Fsp3) is 0.207. The standard InChI is InChI=1S/C29H27N3O4S/c1-4-35-22-14-12-21(13-15-22)27-30-26(19(2)36-27)18-37-29-31-25-11-6-5-10-24(25)28(33)32(29)17-20-8-7-9-23(16-20)34-3/h5-16H,4,17-18H2,1-3H3. The Morgan fingerprint density at radius 2 is 1.78 bits per heavy atom. The topological polar surface area (TPSA) is 79.4 Å². The molecule has 0 saturated carbocycles. The van der Waals surface area contributed by atoms with Gasteiger partial charge in [0.1, 0.15) is 17.3 Å². The van der Waals surface area contributed by atoms with E-state index in [0.717, 1.165) is 34.1 Å². The SMILES string of the molecule is CCOc1ccc(-c2nc(CSc3nc4ccccc4c(=O)n3Cc3cccc(OC)c3)c(C)o2)cc1. The van der Waals surface area contributed by atoms with Crippen LogP contribution in [0.2, 0.25) is 0 Å². The molecule has 7 nitrogen and oxygen atoms in total. The van der Waals surface area contributed by atoms with E-state index in [1.165, 1.54) is 11.8 Å². The smallest absolute Gasteiger partial charge is 0.262 e. The van der Waals surface area contributed by atoms with E-state index >= 15 is 0 Å². The fourth-order valence-electron chi connectivity index (χ4n) is 4.03. The molecule has 3 aromatic carbocycles. The summed E-state index contributed by atoms with van der Waals surface area (Å²) in [5.74, 6) is 3.35. The molecule has 0 amide bonds. The lowest BCUT2D eigenvalue weighted by Gasteiger charge is -2.13. The first-order chi connectivity index (χ1) is 18.1. The van der Waals surface area contributed by atoms with Crippen LogP contribution < -0.4 is 15.0 Å². The van der Waals surface area contributed by atoms with Crippen molar-refractivity contribution in [1.29, 1.82) is 0 Å². The van der Waals surface area contributed by atoms with E-state index in [-0.39, 0.29) is 5.56 Å². The minimum Gasteiger partial charge on any atom is -0.497 e. The molecule has 0 bridgehead atoms. The predicted octanol–water partition coefficient (Wildman–Crippen LogP) is 6.11. The van der Waals surface area contributed by atoms with Crippen molar-refractivity contribution in [3.8, 4) is 23.0 Å². The number of aromatic nitrogens is 3. The van der Waals surface area contributed by atoms with Gasteiger partial charge in [0.05, 0.1) is 36.9 Å². The van der Waals surface area contributed by atoms with E-state index < -0.39 is 0 Å². The molecule has 0 spiro atoms. The van der Waals surface area contributed by atoms with E-state index in [2.05, 4.69) is 0 Å². The number of nitrogens with zero attached hydrogens (tertiary/aromatic N) is 3. The number of rotatable bonds is 9. The average molecular weight is 514 g/mol. The zero-order chi connectivity index (χ0) is 25.8. The Kier molecular flexibility index (Phi) is 7.28. The largest absolute Gasteiger partial charge is 0.497 e. The van der Waals surface area contributed by atoms with Crippen molar-refractivity contribution in [2.45, 2.75) is 31.3 Å². The van der Waals surface area contributed by atoms with Crippen LogP contribution in [0.5, 0.6) is 11.5 Å². The molecule has 5 rings (SSSR count). The lowest BCUT2D eigenvalue weighted by molar-refractivity contribution is 0.340. The van der Waals surface area contributed by atoms with Crippen molar-refractivity contribution >= 4 is 22.7 Å². The molecule has 0 aliphatic rings. The summed E-state index contributed by atoms with van der Waals surface area (Å²) in [6, 6.07) is 22.8. The van der Waals surface area contributed by atoms with Crippen molar-refractivity contribution in [2.24, 2.45) is 0 Å². The summed E-state index contributed by atoms with van der Waals surface area (Å²) < 4.78 is 18.6. The van der Waals surface area contributed by atoms with Crippen molar-refractivity contribution in [3.63, 3.8) is 0 Å².